The number of benzene rings is 2. The van der Waals surface area contributed by atoms with Gasteiger partial charge in [0.2, 0.25) is 0 Å². The third kappa shape index (κ3) is 3.66. The Hall–Kier alpha value is -2.59. The Morgan fingerprint density at radius 1 is 1.08 bits per heavy atom. The van der Waals surface area contributed by atoms with Crippen molar-refractivity contribution >= 4 is 16.8 Å². The lowest BCUT2D eigenvalue weighted by atomic mass is 10.1. The first-order chi connectivity index (χ1) is 11.8. The molecule has 124 valence electrons. The SMILES string of the molecule is COCCn1ccc2c(C(=O)NCCc3ccccc3)cccc21. The van der Waals surface area contributed by atoms with Gasteiger partial charge in [-0.15, -0.1) is 0 Å². The van der Waals surface area contributed by atoms with E-state index in [4.69, 9.17) is 4.74 Å². The standard InChI is InChI=1S/C20H22N2O2/c1-24-15-14-22-13-11-17-18(8-5-9-19(17)22)20(23)21-12-10-16-6-3-2-4-7-16/h2-9,11,13H,10,12,14-15H2,1H3,(H,21,23). The first kappa shape index (κ1) is 16.3. The molecule has 0 bridgehead atoms. The molecule has 1 N–H and O–H groups in total. The Labute approximate surface area is 142 Å². The first-order valence-corrected chi connectivity index (χ1v) is 8.18. The average molecular weight is 322 g/mol. The minimum Gasteiger partial charge on any atom is -0.383 e. The largest absolute Gasteiger partial charge is 0.383 e. The molecular formula is C20H22N2O2. The number of nitrogens with zero attached hydrogens (tertiary/aromatic N) is 1. The number of carbonyl (C=O) groups excluding carboxylic acids is 1. The zero-order valence-corrected chi connectivity index (χ0v) is 13.9. The number of fused-ring (bicyclic) bond motifs is 1. The number of aromatic nitrogens is 1. The molecule has 0 atom stereocenters. The minimum atomic E-state index is -0.0268. The molecule has 0 saturated heterocycles. The van der Waals surface area contributed by atoms with Gasteiger partial charge in [-0.3, -0.25) is 4.79 Å². The molecule has 4 nitrogen and oxygen atoms in total. The van der Waals surface area contributed by atoms with Gasteiger partial charge in [0.25, 0.3) is 5.91 Å². The quantitative estimate of drug-likeness (QED) is 0.725. The van der Waals surface area contributed by atoms with Crippen LogP contribution in [0.2, 0.25) is 0 Å². The van der Waals surface area contributed by atoms with Gasteiger partial charge in [-0.05, 0) is 30.2 Å². The van der Waals surface area contributed by atoms with Crippen molar-refractivity contribution < 1.29 is 9.53 Å². The number of hydrogen-bond acceptors (Lipinski definition) is 2. The fourth-order valence-electron chi connectivity index (χ4n) is 2.87. The van der Waals surface area contributed by atoms with Crippen LogP contribution in [0.1, 0.15) is 15.9 Å². The van der Waals surface area contributed by atoms with Crippen LogP contribution >= 0.6 is 0 Å². The van der Waals surface area contributed by atoms with Crippen molar-refractivity contribution in [2.24, 2.45) is 0 Å². The Bertz CT molecular complexity index is 809. The van der Waals surface area contributed by atoms with Crippen LogP contribution in [0.3, 0.4) is 0 Å². The first-order valence-electron chi connectivity index (χ1n) is 8.18. The van der Waals surface area contributed by atoms with E-state index in [0.29, 0.717) is 13.2 Å². The fourth-order valence-corrected chi connectivity index (χ4v) is 2.87. The van der Waals surface area contributed by atoms with E-state index in [0.717, 1.165) is 29.4 Å². The van der Waals surface area contributed by atoms with E-state index >= 15 is 0 Å². The van der Waals surface area contributed by atoms with Crippen LogP contribution in [0.25, 0.3) is 10.9 Å². The van der Waals surface area contributed by atoms with Crippen molar-refractivity contribution in [1.82, 2.24) is 9.88 Å². The van der Waals surface area contributed by atoms with Gasteiger partial charge in [0.15, 0.2) is 0 Å². The highest BCUT2D eigenvalue weighted by Gasteiger charge is 2.11. The van der Waals surface area contributed by atoms with Crippen molar-refractivity contribution in [1.29, 1.82) is 0 Å². The summed E-state index contributed by atoms with van der Waals surface area (Å²) < 4.78 is 7.25. The van der Waals surface area contributed by atoms with E-state index in [9.17, 15) is 4.79 Å². The predicted molar refractivity (Wildman–Crippen MR) is 96.3 cm³/mol. The molecule has 4 heteroatoms. The van der Waals surface area contributed by atoms with Crippen LogP contribution < -0.4 is 5.32 Å². The molecule has 0 aliphatic rings. The van der Waals surface area contributed by atoms with Gasteiger partial charge in [-0.2, -0.15) is 0 Å². The van der Waals surface area contributed by atoms with E-state index in [1.807, 2.05) is 48.7 Å². The maximum absolute atomic E-state index is 12.5. The van der Waals surface area contributed by atoms with E-state index in [2.05, 4.69) is 22.0 Å². The highest BCUT2D eigenvalue weighted by Crippen LogP contribution is 2.20. The van der Waals surface area contributed by atoms with Crippen molar-refractivity contribution in [3.8, 4) is 0 Å². The van der Waals surface area contributed by atoms with Gasteiger partial charge < -0.3 is 14.6 Å². The molecular weight excluding hydrogens is 300 g/mol. The summed E-state index contributed by atoms with van der Waals surface area (Å²) in [6.07, 6.45) is 2.84. The predicted octanol–water partition coefficient (Wildman–Crippen LogP) is 3.26. The van der Waals surface area contributed by atoms with Crippen molar-refractivity contribution in [2.45, 2.75) is 13.0 Å². The number of methoxy groups -OCH3 is 1. The van der Waals surface area contributed by atoms with E-state index in [1.165, 1.54) is 5.56 Å². The van der Waals surface area contributed by atoms with Crippen LogP contribution in [0.4, 0.5) is 0 Å². The number of amides is 1. The fraction of sp³-hybridized carbons (Fsp3) is 0.250. The summed E-state index contributed by atoms with van der Waals surface area (Å²) >= 11 is 0. The zero-order valence-electron chi connectivity index (χ0n) is 13.9. The Balaban J connectivity index is 1.69. The third-order valence-electron chi connectivity index (χ3n) is 4.14. The maximum Gasteiger partial charge on any atom is 0.251 e. The van der Waals surface area contributed by atoms with E-state index < -0.39 is 0 Å². The second-order valence-electron chi connectivity index (χ2n) is 5.73. The number of nitrogens with one attached hydrogen (secondary N) is 1. The smallest absolute Gasteiger partial charge is 0.251 e. The number of ether oxygens (including phenoxy) is 1. The second kappa shape index (κ2) is 7.79. The molecule has 1 aromatic heterocycles. The van der Waals surface area contributed by atoms with Crippen LogP contribution in [0, 0.1) is 0 Å². The summed E-state index contributed by atoms with van der Waals surface area (Å²) in [5.41, 5.74) is 3.00. The molecule has 0 spiro atoms. The Morgan fingerprint density at radius 2 is 1.92 bits per heavy atom. The molecule has 0 saturated carbocycles. The molecule has 24 heavy (non-hydrogen) atoms. The molecule has 0 aliphatic heterocycles. The van der Waals surface area contributed by atoms with Crippen molar-refractivity contribution in [2.75, 3.05) is 20.3 Å². The molecule has 2 aromatic carbocycles. The Kier molecular flexibility index (Phi) is 5.29. The molecule has 0 aliphatic carbocycles. The summed E-state index contributed by atoms with van der Waals surface area (Å²) in [5, 5.41) is 4.00. The Morgan fingerprint density at radius 3 is 2.71 bits per heavy atom. The topological polar surface area (TPSA) is 43.3 Å². The monoisotopic (exact) mass is 322 g/mol. The van der Waals surface area contributed by atoms with Crippen LogP contribution in [-0.4, -0.2) is 30.7 Å². The van der Waals surface area contributed by atoms with Crippen molar-refractivity contribution in [3.63, 3.8) is 0 Å². The lowest BCUT2D eigenvalue weighted by molar-refractivity contribution is 0.0956. The second-order valence-corrected chi connectivity index (χ2v) is 5.73. The van der Waals surface area contributed by atoms with Crippen LogP contribution in [0.5, 0.6) is 0 Å². The molecule has 0 fully saturated rings. The molecule has 3 aromatic rings. The summed E-state index contributed by atoms with van der Waals surface area (Å²) in [6, 6.07) is 18.0. The van der Waals surface area contributed by atoms with Gasteiger partial charge in [0.1, 0.15) is 0 Å². The highest BCUT2D eigenvalue weighted by atomic mass is 16.5. The van der Waals surface area contributed by atoms with Gasteiger partial charge in [0, 0.05) is 42.9 Å². The number of carbonyl (C=O) groups is 1. The summed E-state index contributed by atoms with van der Waals surface area (Å²) in [6.45, 7) is 2.06. The minimum absolute atomic E-state index is 0.0268. The van der Waals surface area contributed by atoms with Crippen molar-refractivity contribution in [3.05, 3.63) is 71.9 Å². The molecule has 0 unspecified atom stereocenters. The summed E-state index contributed by atoms with van der Waals surface area (Å²) in [7, 11) is 1.69. The molecule has 1 heterocycles. The number of hydrogen-bond donors (Lipinski definition) is 1. The van der Waals surface area contributed by atoms with Gasteiger partial charge in [-0.25, -0.2) is 0 Å². The van der Waals surface area contributed by atoms with Gasteiger partial charge >= 0.3 is 0 Å². The van der Waals surface area contributed by atoms with Gasteiger partial charge in [0.05, 0.1) is 6.61 Å². The molecule has 1 amide bonds. The molecule has 3 rings (SSSR count). The average Bonchev–Trinajstić information content (AvgIpc) is 3.04. The zero-order chi connectivity index (χ0) is 16.8. The van der Waals surface area contributed by atoms with Crippen LogP contribution in [-0.2, 0) is 17.7 Å². The maximum atomic E-state index is 12.5. The van der Waals surface area contributed by atoms with Crippen LogP contribution in [0.15, 0.2) is 60.8 Å². The third-order valence-corrected chi connectivity index (χ3v) is 4.14. The normalized spacial score (nSPS) is 10.9. The van der Waals surface area contributed by atoms with E-state index in [1.54, 1.807) is 7.11 Å². The summed E-state index contributed by atoms with van der Waals surface area (Å²) in [4.78, 5) is 12.5. The molecule has 0 radical (unpaired) electrons. The lowest BCUT2D eigenvalue weighted by Crippen LogP contribution is -2.25. The highest BCUT2D eigenvalue weighted by molar-refractivity contribution is 6.06. The van der Waals surface area contributed by atoms with Gasteiger partial charge in [-0.1, -0.05) is 36.4 Å². The van der Waals surface area contributed by atoms with E-state index in [-0.39, 0.29) is 5.91 Å². The summed E-state index contributed by atoms with van der Waals surface area (Å²) in [5.74, 6) is -0.0268. The number of rotatable bonds is 7. The lowest BCUT2D eigenvalue weighted by Gasteiger charge is -2.08.